The van der Waals surface area contributed by atoms with Crippen molar-refractivity contribution in [1.29, 1.82) is 0 Å². The number of rotatable bonds is 7. The average molecular weight is 428 g/mol. The van der Waals surface area contributed by atoms with Gasteiger partial charge in [-0.15, -0.1) is 0 Å². The Balaban J connectivity index is 1.72. The van der Waals surface area contributed by atoms with Crippen molar-refractivity contribution in [1.82, 2.24) is 19.5 Å². The number of nitrogen functional groups attached to an aromatic ring is 1. The third-order valence-electron chi connectivity index (χ3n) is 6.00. The highest BCUT2D eigenvalue weighted by atomic mass is 28.2. The van der Waals surface area contributed by atoms with E-state index < -0.39 is 18.2 Å². The summed E-state index contributed by atoms with van der Waals surface area (Å²) in [4.78, 5) is 22.8. The highest BCUT2D eigenvalue weighted by Gasteiger charge is 2.50. The molecule has 0 spiro atoms. The van der Waals surface area contributed by atoms with Crippen LogP contribution in [-0.4, -0.2) is 56.5 Å². The van der Waals surface area contributed by atoms with Crippen LogP contribution in [0.2, 0.25) is 5.54 Å². The van der Waals surface area contributed by atoms with Crippen molar-refractivity contribution < 1.29 is 19.7 Å². The molecule has 2 aromatic heterocycles. The van der Waals surface area contributed by atoms with Gasteiger partial charge in [-0.3, -0.25) is 9.76 Å². The maximum absolute atomic E-state index is 11.3. The summed E-state index contributed by atoms with van der Waals surface area (Å²) in [7, 11) is -0.322. The minimum Gasteiger partial charge on any atom is -0.634 e. The van der Waals surface area contributed by atoms with E-state index in [1.54, 1.807) is 10.9 Å². The molecule has 5 N–H and O–H groups in total. The van der Waals surface area contributed by atoms with Gasteiger partial charge in [0.05, 0.1) is 19.0 Å². The Labute approximate surface area is 176 Å². The highest BCUT2D eigenvalue weighted by Crippen LogP contribution is 2.52. The Morgan fingerprint density at radius 1 is 1.30 bits per heavy atom. The van der Waals surface area contributed by atoms with E-state index in [1.165, 1.54) is 0 Å². The molecule has 0 saturated heterocycles. The Bertz CT molecular complexity index is 1020. The van der Waals surface area contributed by atoms with Gasteiger partial charge >= 0.3 is 0 Å². The van der Waals surface area contributed by atoms with Crippen molar-refractivity contribution in [2.45, 2.75) is 43.6 Å². The van der Waals surface area contributed by atoms with E-state index in [1.807, 2.05) is 37.3 Å². The van der Waals surface area contributed by atoms with Crippen LogP contribution in [0.5, 0.6) is 5.88 Å². The van der Waals surface area contributed by atoms with E-state index in [-0.39, 0.29) is 33.1 Å². The van der Waals surface area contributed by atoms with Crippen LogP contribution in [0.4, 0.5) is 5.95 Å². The van der Waals surface area contributed by atoms with Crippen LogP contribution < -0.4 is 10.5 Å². The SMILES string of the molecule is CC[C@@H]1[C@@H]([Si-]O)C[C@H](n2cnc3c(OCc4ccccc4)nc(N)nc32)[C@]1(O)CO. The van der Waals surface area contributed by atoms with Gasteiger partial charge in [-0.25, -0.2) is 4.98 Å². The van der Waals surface area contributed by atoms with Crippen LogP contribution in [-0.2, 0) is 6.61 Å². The molecular formula is C20H25N5O4Si-. The molecule has 1 fully saturated rings. The Kier molecular flexibility index (Phi) is 5.74. The number of ether oxygens (including phenoxy) is 1. The zero-order chi connectivity index (χ0) is 21.3. The van der Waals surface area contributed by atoms with Gasteiger partial charge in [-0.2, -0.15) is 15.5 Å². The molecule has 2 heterocycles. The summed E-state index contributed by atoms with van der Waals surface area (Å²) in [6, 6.07) is 9.17. The summed E-state index contributed by atoms with van der Waals surface area (Å²) in [5.74, 6) is 0.0602. The van der Waals surface area contributed by atoms with Gasteiger partial charge in [0.15, 0.2) is 11.2 Å². The van der Waals surface area contributed by atoms with Crippen LogP contribution in [0.3, 0.4) is 0 Å². The molecule has 4 atom stereocenters. The average Bonchev–Trinajstić information content (AvgIpc) is 3.30. The fourth-order valence-electron chi connectivity index (χ4n) is 4.52. The lowest BCUT2D eigenvalue weighted by atomic mass is 9.87. The molecule has 3 aromatic rings. The summed E-state index contributed by atoms with van der Waals surface area (Å²) < 4.78 is 7.59. The number of benzene rings is 1. The number of nitrogens with zero attached hydrogens (tertiary/aromatic N) is 4. The standard InChI is InChI=1S/C20H25N5O4Si/c1-2-13-14(30-28)8-15(20(13,27)10-26)25-11-22-16-17(25)23-19(21)24-18(16)29-9-12-6-4-3-5-7-12/h3-7,11,13-15,26-28H,2,8-10H2,1H3,(H2,21,23,24)/q-1/t13-,14+,15+,20+/m1/s1. The molecule has 1 saturated carbocycles. The maximum atomic E-state index is 11.3. The molecule has 30 heavy (non-hydrogen) atoms. The van der Waals surface area contributed by atoms with E-state index in [0.29, 0.717) is 30.6 Å². The molecule has 1 aliphatic rings. The predicted molar refractivity (Wildman–Crippen MR) is 112 cm³/mol. The zero-order valence-electron chi connectivity index (χ0n) is 16.6. The van der Waals surface area contributed by atoms with E-state index in [9.17, 15) is 15.0 Å². The molecule has 159 valence electrons. The Hall–Kier alpha value is -2.53. The molecule has 0 amide bonds. The lowest BCUT2D eigenvalue weighted by Crippen LogP contribution is -2.45. The third-order valence-corrected chi connectivity index (χ3v) is 6.97. The van der Waals surface area contributed by atoms with E-state index >= 15 is 0 Å². The molecule has 1 radical (unpaired) electrons. The van der Waals surface area contributed by atoms with Crippen molar-refractivity contribution in [3.8, 4) is 5.88 Å². The largest absolute Gasteiger partial charge is 0.634 e. The van der Waals surface area contributed by atoms with Gasteiger partial charge in [0.1, 0.15) is 12.2 Å². The second-order valence-corrected chi connectivity index (χ2v) is 8.64. The van der Waals surface area contributed by atoms with E-state index in [2.05, 4.69) is 15.0 Å². The monoisotopic (exact) mass is 427 g/mol. The number of anilines is 1. The van der Waals surface area contributed by atoms with Gasteiger partial charge in [0.25, 0.3) is 0 Å². The van der Waals surface area contributed by atoms with Gasteiger partial charge in [-0.1, -0.05) is 50.1 Å². The first-order valence-electron chi connectivity index (χ1n) is 9.91. The van der Waals surface area contributed by atoms with Crippen molar-refractivity contribution in [3.63, 3.8) is 0 Å². The van der Waals surface area contributed by atoms with Crippen LogP contribution in [0.15, 0.2) is 36.7 Å². The Morgan fingerprint density at radius 2 is 2.07 bits per heavy atom. The molecule has 4 rings (SSSR count). The molecule has 0 bridgehead atoms. The maximum Gasteiger partial charge on any atom is 0.247 e. The molecule has 10 heteroatoms. The molecule has 1 aliphatic carbocycles. The fourth-order valence-corrected chi connectivity index (χ4v) is 5.56. The topological polar surface area (TPSA) is 140 Å². The van der Waals surface area contributed by atoms with Crippen LogP contribution >= 0.6 is 0 Å². The van der Waals surface area contributed by atoms with Crippen LogP contribution in [0, 0.1) is 5.92 Å². The zero-order valence-corrected chi connectivity index (χ0v) is 17.6. The second kappa shape index (κ2) is 8.30. The minimum absolute atomic E-state index is 0.0328. The lowest BCUT2D eigenvalue weighted by molar-refractivity contribution is -0.0727. The summed E-state index contributed by atoms with van der Waals surface area (Å²) in [5, 5.41) is 21.4. The summed E-state index contributed by atoms with van der Waals surface area (Å²) >= 11 is 0. The number of nitrogens with two attached hydrogens (primary N) is 1. The van der Waals surface area contributed by atoms with Gasteiger partial charge in [0, 0.05) is 0 Å². The van der Waals surface area contributed by atoms with Gasteiger partial charge in [-0.05, 0) is 11.5 Å². The number of aliphatic hydroxyl groups is 2. The van der Waals surface area contributed by atoms with E-state index in [4.69, 9.17) is 10.5 Å². The summed E-state index contributed by atoms with van der Waals surface area (Å²) in [6.07, 6.45) is 2.70. The Morgan fingerprint density at radius 3 is 2.73 bits per heavy atom. The van der Waals surface area contributed by atoms with Crippen molar-refractivity contribution in [2.75, 3.05) is 12.3 Å². The van der Waals surface area contributed by atoms with Gasteiger partial charge < -0.3 is 30.0 Å². The molecule has 1 aromatic carbocycles. The molecule has 0 unspecified atom stereocenters. The summed E-state index contributed by atoms with van der Waals surface area (Å²) in [6.45, 7) is 1.83. The van der Waals surface area contributed by atoms with Crippen molar-refractivity contribution >= 4 is 26.9 Å². The number of aromatic nitrogens is 4. The molecular weight excluding hydrogens is 402 g/mol. The number of fused-ring (bicyclic) bond motifs is 1. The van der Waals surface area contributed by atoms with Crippen molar-refractivity contribution in [2.24, 2.45) is 5.92 Å². The first-order valence-corrected chi connectivity index (χ1v) is 10.9. The number of aliphatic hydroxyl groups excluding tert-OH is 1. The minimum atomic E-state index is -1.40. The second-order valence-electron chi connectivity index (χ2n) is 7.64. The normalized spacial score (nSPS) is 26.3. The van der Waals surface area contributed by atoms with Crippen LogP contribution in [0.1, 0.15) is 31.4 Å². The smallest absolute Gasteiger partial charge is 0.247 e. The van der Waals surface area contributed by atoms with Crippen LogP contribution in [0.25, 0.3) is 11.2 Å². The molecule has 0 aliphatic heterocycles. The number of hydrogen-bond acceptors (Lipinski definition) is 8. The first kappa shape index (κ1) is 20.7. The quantitative estimate of drug-likeness (QED) is 0.411. The number of imidazole rings is 1. The van der Waals surface area contributed by atoms with E-state index in [0.717, 1.165) is 5.56 Å². The lowest BCUT2D eigenvalue weighted by Gasteiger charge is -2.36. The van der Waals surface area contributed by atoms with Crippen molar-refractivity contribution in [3.05, 3.63) is 42.2 Å². The summed E-state index contributed by atoms with van der Waals surface area (Å²) in [5.41, 5.74) is 6.27. The highest BCUT2D eigenvalue weighted by molar-refractivity contribution is 6.28. The predicted octanol–water partition coefficient (Wildman–Crippen LogP) is 1.08. The fraction of sp³-hybridized carbons (Fsp3) is 0.450. The number of hydrogen-bond donors (Lipinski definition) is 4. The molecule has 9 nitrogen and oxygen atoms in total. The third kappa shape index (κ3) is 3.45. The first-order chi connectivity index (χ1) is 14.5. The van der Waals surface area contributed by atoms with Gasteiger partial charge in [0.2, 0.25) is 11.8 Å².